The standard InChI is InChI=1S/C8H20N2O/c1-8(9)7-10(2)5-4-6-11-3/h8H,4-7,9H2,1-3H3. The van der Waals surface area contributed by atoms with Gasteiger partial charge < -0.3 is 15.4 Å². The molecule has 0 heterocycles. The topological polar surface area (TPSA) is 38.5 Å². The van der Waals surface area contributed by atoms with Crippen LogP contribution in [-0.2, 0) is 4.74 Å². The summed E-state index contributed by atoms with van der Waals surface area (Å²) in [6, 6.07) is 0.266. The zero-order valence-electron chi connectivity index (χ0n) is 7.84. The van der Waals surface area contributed by atoms with E-state index in [1.807, 2.05) is 6.92 Å². The van der Waals surface area contributed by atoms with Crippen molar-refractivity contribution in [1.82, 2.24) is 4.90 Å². The molecule has 0 spiro atoms. The van der Waals surface area contributed by atoms with Crippen LogP contribution in [0.25, 0.3) is 0 Å². The molecule has 3 heteroatoms. The van der Waals surface area contributed by atoms with Gasteiger partial charge in [0.1, 0.15) is 0 Å². The third-order valence-electron chi connectivity index (χ3n) is 1.49. The van der Waals surface area contributed by atoms with E-state index in [0.29, 0.717) is 0 Å². The van der Waals surface area contributed by atoms with Gasteiger partial charge in [0.25, 0.3) is 0 Å². The molecule has 68 valence electrons. The smallest absolute Gasteiger partial charge is 0.0474 e. The van der Waals surface area contributed by atoms with Crippen LogP contribution in [0.3, 0.4) is 0 Å². The summed E-state index contributed by atoms with van der Waals surface area (Å²) in [5.74, 6) is 0. The second kappa shape index (κ2) is 6.58. The number of rotatable bonds is 6. The van der Waals surface area contributed by atoms with Crippen molar-refractivity contribution >= 4 is 0 Å². The first-order chi connectivity index (χ1) is 5.16. The highest BCUT2D eigenvalue weighted by Crippen LogP contribution is 1.89. The highest BCUT2D eigenvalue weighted by atomic mass is 16.5. The molecule has 0 aliphatic rings. The molecule has 0 aliphatic carbocycles. The predicted octanol–water partition coefficient (Wildman–Crippen LogP) is 0.302. The maximum atomic E-state index is 5.62. The minimum absolute atomic E-state index is 0.266. The van der Waals surface area contributed by atoms with E-state index in [9.17, 15) is 0 Å². The van der Waals surface area contributed by atoms with Crippen LogP contribution in [0, 0.1) is 0 Å². The summed E-state index contributed by atoms with van der Waals surface area (Å²) >= 11 is 0. The Morgan fingerprint density at radius 1 is 1.55 bits per heavy atom. The van der Waals surface area contributed by atoms with Crippen LogP contribution in [0.15, 0.2) is 0 Å². The number of nitrogens with two attached hydrogens (primary N) is 1. The third-order valence-corrected chi connectivity index (χ3v) is 1.49. The van der Waals surface area contributed by atoms with Gasteiger partial charge in [-0.3, -0.25) is 0 Å². The molecule has 0 bridgehead atoms. The molecule has 1 atom stereocenters. The molecule has 0 radical (unpaired) electrons. The van der Waals surface area contributed by atoms with Gasteiger partial charge >= 0.3 is 0 Å². The highest BCUT2D eigenvalue weighted by Gasteiger charge is 2.00. The summed E-state index contributed by atoms with van der Waals surface area (Å²) in [5.41, 5.74) is 5.62. The Morgan fingerprint density at radius 3 is 2.64 bits per heavy atom. The fourth-order valence-electron chi connectivity index (χ4n) is 1.06. The number of hydrogen-bond acceptors (Lipinski definition) is 3. The first-order valence-corrected chi connectivity index (χ1v) is 4.10. The molecule has 2 N–H and O–H groups in total. The third kappa shape index (κ3) is 7.78. The molecular weight excluding hydrogens is 140 g/mol. The molecule has 0 saturated heterocycles. The zero-order chi connectivity index (χ0) is 8.69. The number of ether oxygens (including phenoxy) is 1. The Bertz CT molecular complexity index is 86.2. The summed E-state index contributed by atoms with van der Waals surface area (Å²) < 4.78 is 4.94. The Balaban J connectivity index is 3.15. The van der Waals surface area contributed by atoms with Crippen LogP contribution in [0.1, 0.15) is 13.3 Å². The van der Waals surface area contributed by atoms with Crippen molar-refractivity contribution in [3.63, 3.8) is 0 Å². The van der Waals surface area contributed by atoms with Gasteiger partial charge in [-0.2, -0.15) is 0 Å². The largest absolute Gasteiger partial charge is 0.385 e. The number of likely N-dealkylation sites (N-methyl/N-ethyl adjacent to an activating group) is 1. The Morgan fingerprint density at radius 2 is 2.18 bits per heavy atom. The molecular formula is C8H20N2O. The highest BCUT2D eigenvalue weighted by molar-refractivity contribution is 4.59. The summed E-state index contributed by atoms with van der Waals surface area (Å²) in [6.45, 7) is 4.88. The van der Waals surface area contributed by atoms with E-state index in [1.54, 1.807) is 7.11 Å². The Labute approximate surface area is 69.5 Å². The SMILES string of the molecule is COCCCN(C)CC(C)N. The fourth-order valence-corrected chi connectivity index (χ4v) is 1.06. The maximum Gasteiger partial charge on any atom is 0.0474 e. The molecule has 3 nitrogen and oxygen atoms in total. The molecule has 0 aromatic rings. The summed E-state index contributed by atoms with van der Waals surface area (Å²) in [5, 5.41) is 0. The Hall–Kier alpha value is -0.120. The van der Waals surface area contributed by atoms with Crippen LogP contribution in [-0.4, -0.2) is 44.8 Å². The summed E-state index contributed by atoms with van der Waals surface area (Å²) in [4.78, 5) is 2.23. The van der Waals surface area contributed by atoms with Crippen LogP contribution in [0.2, 0.25) is 0 Å². The van der Waals surface area contributed by atoms with E-state index in [1.165, 1.54) is 0 Å². The average molecular weight is 160 g/mol. The van der Waals surface area contributed by atoms with Crippen molar-refractivity contribution in [2.75, 3.05) is 33.9 Å². The van der Waals surface area contributed by atoms with Gasteiger partial charge in [-0.25, -0.2) is 0 Å². The van der Waals surface area contributed by atoms with E-state index >= 15 is 0 Å². The van der Waals surface area contributed by atoms with E-state index in [4.69, 9.17) is 10.5 Å². The first-order valence-electron chi connectivity index (χ1n) is 4.10. The van der Waals surface area contributed by atoms with Gasteiger partial charge in [-0.1, -0.05) is 0 Å². The minimum Gasteiger partial charge on any atom is -0.385 e. The van der Waals surface area contributed by atoms with Crippen molar-refractivity contribution in [3.8, 4) is 0 Å². The van der Waals surface area contributed by atoms with Crippen LogP contribution in [0.5, 0.6) is 0 Å². The van der Waals surface area contributed by atoms with Gasteiger partial charge in [0, 0.05) is 32.8 Å². The van der Waals surface area contributed by atoms with Crippen LogP contribution >= 0.6 is 0 Å². The zero-order valence-corrected chi connectivity index (χ0v) is 7.84. The normalized spacial score (nSPS) is 13.9. The van der Waals surface area contributed by atoms with Gasteiger partial charge in [-0.15, -0.1) is 0 Å². The lowest BCUT2D eigenvalue weighted by Crippen LogP contribution is -2.33. The van der Waals surface area contributed by atoms with E-state index in [-0.39, 0.29) is 6.04 Å². The van der Waals surface area contributed by atoms with E-state index in [0.717, 1.165) is 26.1 Å². The Kier molecular flexibility index (Phi) is 6.51. The quantitative estimate of drug-likeness (QED) is 0.568. The number of hydrogen-bond donors (Lipinski definition) is 1. The molecule has 0 saturated carbocycles. The second-order valence-electron chi connectivity index (χ2n) is 3.09. The van der Waals surface area contributed by atoms with Crippen LogP contribution < -0.4 is 5.73 Å². The minimum atomic E-state index is 0.266. The van der Waals surface area contributed by atoms with Gasteiger partial charge in [0.05, 0.1) is 0 Å². The summed E-state index contributed by atoms with van der Waals surface area (Å²) in [6.07, 6.45) is 1.08. The van der Waals surface area contributed by atoms with Gasteiger partial charge in [0.15, 0.2) is 0 Å². The molecule has 0 aliphatic heterocycles. The van der Waals surface area contributed by atoms with Crippen molar-refractivity contribution in [2.24, 2.45) is 5.73 Å². The number of methoxy groups -OCH3 is 1. The van der Waals surface area contributed by atoms with Crippen molar-refractivity contribution in [2.45, 2.75) is 19.4 Å². The lowest BCUT2D eigenvalue weighted by Gasteiger charge is -2.18. The monoisotopic (exact) mass is 160 g/mol. The molecule has 0 fully saturated rings. The first kappa shape index (κ1) is 10.9. The summed E-state index contributed by atoms with van der Waals surface area (Å²) in [7, 11) is 3.81. The van der Waals surface area contributed by atoms with E-state index < -0.39 is 0 Å². The molecule has 0 amide bonds. The van der Waals surface area contributed by atoms with Gasteiger partial charge in [-0.05, 0) is 20.4 Å². The van der Waals surface area contributed by atoms with Crippen LogP contribution in [0.4, 0.5) is 0 Å². The average Bonchev–Trinajstić information content (AvgIpc) is 1.86. The second-order valence-corrected chi connectivity index (χ2v) is 3.09. The molecule has 0 aromatic carbocycles. The fraction of sp³-hybridized carbons (Fsp3) is 1.00. The molecule has 0 aromatic heterocycles. The van der Waals surface area contributed by atoms with Gasteiger partial charge in [0.2, 0.25) is 0 Å². The van der Waals surface area contributed by atoms with E-state index in [2.05, 4.69) is 11.9 Å². The molecule has 0 rings (SSSR count). The lowest BCUT2D eigenvalue weighted by molar-refractivity contribution is 0.178. The lowest BCUT2D eigenvalue weighted by atomic mass is 10.3. The molecule has 1 unspecified atom stereocenters. The predicted molar refractivity (Wildman–Crippen MR) is 47.6 cm³/mol. The number of nitrogens with zero attached hydrogens (tertiary/aromatic N) is 1. The van der Waals surface area contributed by atoms with Crippen molar-refractivity contribution in [1.29, 1.82) is 0 Å². The van der Waals surface area contributed by atoms with Crippen molar-refractivity contribution < 1.29 is 4.74 Å². The molecule has 11 heavy (non-hydrogen) atoms. The maximum absolute atomic E-state index is 5.62. The van der Waals surface area contributed by atoms with Crippen molar-refractivity contribution in [3.05, 3.63) is 0 Å².